The van der Waals surface area contributed by atoms with E-state index in [9.17, 15) is 0 Å². The quantitative estimate of drug-likeness (QED) is 0.787. The minimum Gasteiger partial charge on any atom is -0.488 e. The molecule has 15 heavy (non-hydrogen) atoms. The molecule has 0 fully saturated rings. The van der Waals surface area contributed by atoms with Gasteiger partial charge in [-0.3, -0.25) is 4.98 Å². The normalized spacial score (nSPS) is 10.2. The third-order valence-electron chi connectivity index (χ3n) is 2.20. The Bertz CT molecular complexity index is 394. The van der Waals surface area contributed by atoms with Crippen molar-refractivity contribution in [3.63, 3.8) is 0 Å². The van der Waals surface area contributed by atoms with E-state index in [-0.39, 0.29) is 0 Å². The van der Waals surface area contributed by atoms with E-state index < -0.39 is 0 Å². The summed E-state index contributed by atoms with van der Waals surface area (Å²) in [6.07, 6.45) is 2.90. The van der Waals surface area contributed by atoms with Crippen molar-refractivity contribution < 1.29 is 4.74 Å². The molecule has 0 unspecified atom stereocenters. The standard InChI is InChI=1S/C12H13NOS/c1-2-10-3-5-11(6-4-10)14-8-12-7-13-9-15-12/h3-7,9H,2,8H2,1H3. The van der Waals surface area contributed by atoms with Crippen molar-refractivity contribution >= 4 is 11.3 Å². The van der Waals surface area contributed by atoms with Crippen LogP contribution < -0.4 is 4.74 Å². The van der Waals surface area contributed by atoms with E-state index >= 15 is 0 Å². The zero-order valence-corrected chi connectivity index (χ0v) is 9.46. The van der Waals surface area contributed by atoms with Gasteiger partial charge in [-0.15, -0.1) is 11.3 Å². The van der Waals surface area contributed by atoms with E-state index in [4.69, 9.17) is 4.74 Å². The van der Waals surface area contributed by atoms with Gasteiger partial charge in [-0.2, -0.15) is 0 Å². The highest BCUT2D eigenvalue weighted by atomic mass is 32.1. The Labute approximate surface area is 93.6 Å². The molecule has 0 aliphatic heterocycles. The summed E-state index contributed by atoms with van der Waals surface area (Å²) in [5, 5.41) is 0. The average molecular weight is 219 g/mol. The molecule has 0 atom stereocenters. The maximum absolute atomic E-state index is 5.62. The second-order valence-corrected chi connectivity index (χ2v) is 4.22. The first kappa shape index (κ1) is 10.2. The molecular weight excluding hydrogens is 206 g/mol. The molecule has 1 aromatic carbocycles. The van der Waals surface area contributed by atoms with E-state index in [2.05, 4.69) is 24.0 Å². The first-order chi connectivity index (χ1) is 7.38. The fraction of sp³-hybridized carbons (Fsp3) is 0.250. The molecule has 0 bridgehead atoms. The fourth-order valence-corrected chi connectivity index (χ4v) is 1.80. The highest BCUT2D eigenvalue weighted by molar-refractivity contribution is 7.09. The molecule has 0 aliphatic rings. The number of benzene rings is 1. The van der Waals surface area contributed by atoms with Crippen molar-refractivity contribution in [2.45, 2.75) is 20.0 Å². The van der Waals surface area contributed by atoms with Crippen molar-refractivity contribution in [1.29, 1.82) is 0 Å². The zero-order chi connectivity index (χ0) is 10.5. The largest absolute Gasteiger partial charge is 0.488 e. The lowest BCUT2D eigenvalue weighted by Crippen LogP contribution is -1.92. The van der Waals surface area contributed by atoms with Crippen molar-refractivity contribution in [2.24, 2.45) is 0 Å². The monoisotopic (exact) mass is 219 g/mol. The van der Waals surface area contributed by atoms with Crippen molar-refractivity contribution in [3.05, 3.63) is 46.4 Å². The second kappa shape index (κ2) is 4.94. The summed E-state index contributed by atoms with van der Waals surface area (Å²) in [5.74, 6) is 0.917. The van der Waals surface area contributed by atoms with Crippen molar-refractivity contribution in [3.8, 4) is 5.75 Å². The van der Waals surface area contributed by atoms with Crippen LogP contribution in [0.25, 0.3) is 0 Å². The van der Waals surface area contributed by atoms with Gasteiger partial charge in [-0.05, 0) is 24.1 Å². The highest BCUT2D eigenvalue weighted by Gasteiger charge is 1.97. The molecule has 1 heterocycles. The van der Waals surface area contributed by atoms with Crippen LogP contribution >= 0.6 is 11.3 Å². The Balaban J connectivity index is 1.93. The number of hydrogen-bond donors (Lipinski definition) is 0. The van der Waals surface area contributed by atoms with Gasteiger partial charge in [0, 0.05) is 6.20 Å². The molecule has 0 saturated carbocycles. The van der Waals surface area contributed by atoms with Gasteiger partial charge in [0.1, 0.15) is 12.4 Å². The third-order valence-corrected chi connectivity index (χ3v) is 2.95. The fourth-order valence-electron chi connectivity index (χ4n) is 1.29. The number of aromatic nitrogens is 1. The van der Waals surface area contributed by atoms with Crippen LogP contribution in [0.1, 0.15) is 17.4 Å². The number of aryl methyl sites for hydroxylation is 1. The van der Waals surface area contributed by atoms with E-state index in [0.717, 1.165) is 17.0 Å². The molecule has 0 radical (unpaired) electrons. The first-order valence-corrected chi connectivity index (χ1v) is 5.85. The Hall–Kier alpha value is -1.35. The number of ether oxygens (including phenoxy) is 1. The summed E-state index contributed by atoms with van der Waals surface area (Å²) < 4.78 is 5.62. The third kappa shape index (κ3) is 2.80. The predicted octanol–water partition coefficient (Wildman–Crippen LogP) is 3.28. The number of thiazole rings is 1. The lowest BCUT2D eigenvalue weighted by atomic mass is 10.2. The number of hydrogen-bond acceptors (Lipinski definition) is 3. The molecule has 78 valence electrons. The summed E-state index contributed by atoms with van der Waals surface area (Å²) in [6.45, 7) is 2.75. The Morgan fingerprint density at radius 2 is 2.07 bits per heavy atom. The van der Waals surface area contributed by atoms with E-state index in [1.54, 1.807) is 11.3 Å². The van der Waals surface area contributed by atoms with Gasteiger partial charge in [0.15, 0.2) is 0 Å². The number of rotatable bonds is 4. The van der Waals surface area contributed by atoms with E-state index in [1.165, 1.54) is 5.56 Å². The van der Waals surface area contributed by atoms with Gasteiger partial charge in [0.05, 0.1) is 10.4 Å². The topological polar surface area (TPSA) is 22.1 Å². The molecule has 0 amide bonds. The Morgan fingerprint density at radius 3 is 2.67 bits per heavy atom. The van der Waals surface area contributed by atoms with Crippen molar-refractivity contribution in [1.82, 2.24) is 4.98 Å². The molecule has 2 aromatic rings. The number of nitrogens with zero attached hydrogens (tertiary/aromatic N) is 1. The Morgan fingerprint density at radius 1 is 1.27 bits per heavy atom. The van der Waals surface area contributed by atoms with Crippen LogP contribution in [0, 0.1) is 0 Å². The van der Waals surface area contributed by atoms with Crippen molar-refractivity contribution in [2.75, 3.05) is 0 Å². The van der Waals surface area contributed by atoms with Gasteiger partial charge in [0.25, 0.3) is 0 Å². The lowest BCUT2D eigenvalue weighted by molar-refractivity contribution is 0.309. The van der Waals surface area contributed by atoms with Crippen LogP contribution in [0.5, 0.6) is 5.75 Å². The lowest BCUT2D eigenvalue weighted by Gasteiger charge is -2.04. The molecule has 0 N–H and O–H groups in total. The predicted molar refractivity (Wildman–Crippen MR) is 62.3 cm³/mol. The van der Waals surface area contributed by atoms with Gasteiger partial charge >= 0.3 is 0 Å². The zero-order valence-electron chi connectivity index (χ0n) is 8.64. The van der Waals surface area contributed by atoms with Gasteiger partial charge in [-0.25, -0.2) is 0 Å². The minimum absolute atomic E-state index is 0.607. The molecule has 3 heteroatoms. The molecule has 1 aromatic heterocycles. The summed E-state index contributed by atoms with van der Waals surface area (Å²) in [6, 6.07) is 8.23. The minimum atomic E-state index is 0.607. The van der Waals surface area contributed by atoms with Crippen LogP contribution in [-0.2, 0) is 13.0 Å². The van der Waals surface area contributed by atoms with E-state index in [1.807, 2.05) is 23.8 Å². The molecule has 0 aliphatic carbocycles. The van der Waals surface area contributed by atoms with Crippen LogP contribution in [-0.4, -0.2) is 4.98 Å². The SMILES string of the molecule is CCc1ccc(OCc2cncs2)cc1. The summed E-state index contributed by atoms with van der Waals surface area (Å²) in [4.78, 5) is 5.15. The second-order valence-electron chi connectivity index (χ2n) is 3.25. The Kier molecular flexibility index (Phi) is 3.35. The molecular formula is C12H13NOS. The molecule has 0 spiro atoms. The van der Waals surface area contributed by atoms with Gasteiger partial charge in [-0.1, -0.05) is 19.1 Å². The van der Waals surface area contributed by atoms with Crippen LogP contribution in [0.2, 0.25) is 0 Å². The maximum atomic E-state index is 5.62. The smallest absolute Gasteiger partial charge is 0.124 e. The summed E-state index contributed by atoms with van der Waals surface area (Å²) in [7, 11) is 0. The highest BCUT2D eigenvalue weighted by Crippen LogP contribution is 2.15. The maximum Gasteiger partial charge on any atom is 0.124 e. The molecule has 2 nitrogen and oxygen atoms in total. The van der Waals surface area contributed by atoms with Gasteiger partial charge < -0.3 is 4.74 Å². The molecule has 0 saturated heterocycles. The van der Waals surface area contributed by atoms with Crippen LogP contribution in [0.4, 0.5) is 0 Å². The average Bonchev–Trinajstić information content (AvgIpc) is 2.80. The van der Waals surface area contributed by atoms with E-state index in [0.29, 0.717) is 6.61 Å². The van der Waals surface area contributed by atoms with Crippen LogP contribution in [0.15, 0.2) is 36.0 Å². The van der Waals surface area contributed by atoms with Crippen LogP contribution in [0.3, 0.4) is 0 Å². The van der Waals surface area contributed by atoms with Gasteiger partial charge in [0.2, 0.25) is 0 Å². The summed E-state index contributed by atoms with van der Waals surface area (Å²) in [5.41, 5.74) is 3.15. The first-order valence-electron chi connectivity index (χ1n) is 4.97. The summed E-state index contributed by atoms with van der Waals surface area (Å²) >= 11 is 1.61. The molecule has 2 rings (SSSR count).